The predicted octanol–water partition coefficient (Wildman–Crippen LogP) is 3.70. The van der Waals surface area contributed by atoms with Crippen LogP contribution >= 0.6 is 0 Å². The summed E-state index contributed by atoms with van der Waals surface area (Å²) in [5, 5.41) is 4.46. The van der Waals surface area contributed by atoms with Crippen LogP contribution in [0.1, 0.15) is 44.7 Å². The summed E-state index contributed by atoms with van der Waals surface area (Å²) in [5.74, 6) is 0.552. The lowest BCUT2D eigenvalue weighted by Gasteiger charge is -2.31. The number of para-hydroxylation sites is 1. The van der Waals surface area contributed by atoms with Gasteiger partial charge in [0.15, 0.2) is 0 Å². The average Bonchev–Trinajstić information content (AvgIpc) is 3.05. The third-order valence-corrected chi connectivity index (χ3v) is 4.78. The van der Waals surface area contributed by atoms with E-state index in [1.807, 2.05) is 29.1 Å². The standard InChI is InChI=1S/C17H23N3/c1-17(2)10-6-9-15(17)16(18)13-11-19-20(12-13)14-7-4-3-5-8-14/h3-5,7-8,11-12,15-16H,6,9-10,18H2,1-2H3. The molecule has 106 valence electrons. The Morgan fingerprint density at radius 2 is 2.05 bits per heavy atom. The van der Waals surface area contributed by atoms with Gasteiger partial charge in [0.25, 0.3) is 0 Å². The lowest BCUT2D eigenvalue weighted by Crippen LogP contribution is -2.29. The van der Waals surface area contributed by atoms with Gasteiger partial charge >= 0.3 is 0 Å². The molecule has 3 rings (SSSR count). The number of benzene rings is 1. The van der Waals surface area contributed by atoms with Gasteiger partial charge in [0.2, 0.25) is 0 Å². The van der Waals surface area contributed by atoms with Crippen molar-refractivity contribution < 1.29 is 0 Å². The second-order valence-corrected chi connectivity index (χ2v) is 6.57. The first-order valence-electron chi connectivity index (χ1n) is 7.43. The summed E-state index contributed by atoms with van der Waals surface area (Å²) < 4.78 is 1.91. The van der Waals surface area contributed by atoms with Crippen LogP contribution in [-0.4, -0.2) is 9.78 Å². The van der Waals surface area contributed by atoms with Crippen LogP contribution in [0.25, 0.3) is 5.69 Å². The smallest absolute Gasteiger partial charge is 0.0645 e. The maximum Gasteiger partial charge on any atom is 0.0645 e. The van der Waals surface area contributed by atoms with E-state index in [0.717, 1.165) is 11.3 Å². The zero-order chi connectivity index (χ0) is 14.2. The van der Waals surface area contributed by atoms with Crippen molar-refractivity contribution in [2.45, 2.75) is 39.2 Å². The first kappa shape index (κ1) is 13.4. The molecule has 2 aromatic rings. The topological polar surface area (TPSA) is 43.8 Å². The monoisotopic (exact) mass is 269 g/mol. The molecule has 2 N–H and O–H groups in total. The molecule has 3 heteroatoms. The molecule has 20 heavy (non-hydrogen) atoms. The molecule has 0 amide bonds. The minimum atomic E-state index is 0.0879. The van der Waals surface area contributed by atoms with Gasteiger partial charge in [-0.3, -0.25) is 0 Å². The fraction of sp³-hybridized carbons (Fsp3) is 0.471. The van der Waals surface area contributed by atoms with E-state index in [4.69, 9.17) is 5.73 Å². The zero-order valence-corrected chi connectivity index (χ0v) is 12.3. The van der Waals surface area contributed by atoms with Crippen LogP contribution in [0.15, 0.2) is 42.7 Å². The van der Waals surface area contributed by atoms with Crippen LogP contribution in [0.5, 0.6) is 0 Å². The van der Waals surface area contributed by atoms with Crippen LogP contribution in [0.3, 0.4) is 0 Å². The molecule has 1 saturated carbocycles. The van der Waals surface area contributed by atoms with E-state index in [0.29, 0.717) is 11.3 Å². The molecular weight excluding hydrogens is 246 g/mol. The molecule has 1 aromatic heterocycles. The zero-order valence-electron chi connectivity index (χ0n) is 12.3. The van der Waals surface area contributed by atoms with Gasteiger partial charge in [-0.1, -0.05) is 38.5 Å². The molecule has 1 aromatic carbocycles. The van der Waals surface area contributed by atoms with E-state index >= 15 is 0 Å². The second kappa shape index (κ2) is 5.06. The Labute approximate surface area is 120 Å². The van der Waals surface area contributed by atoms with Gasteiger partial charge < -0.3 is 5.73 Å². The van der Waals surface area contributed by atoms with Crippen molar-refractivity contribution in [3.8, 4) is 5.69 Å². The van der Waals surface area contributed by atoms with Crippen LogP contribution in [0.2, 0.25) is 0 Å². The number of hydrogen-bond acceptors (Lipinski definition) is 2. The molecular formula is C17H23N3. The molecule has 0 spiro atoms. The van der Waals surface area contributed by atoms with Crippen LogP contribution in [0.4, 0.5) is 0 Å². The molecule has 0 bridgehead atoms. The molecule has 2 unspecified atom stereocenters. The van der Waals surface area contributed by atoms with Crippen molar-refractivity contribution in [1.29, 1.82) is 0 Å². The lowest BCUT2D eigenvalue weighted by atomic mass is 9.76. The fourth-order valence-electron chi connectivity index (χ4n) is 3.48. The minimum Gasteiger partial charge on any atom is -0.324 e. The average molecular weight is 269 g/mol. The minimum absolute atomic E-state index is 0.0879. The van der Waals surface area contributed by atoms with E-state index in [2.05, 4.69) is 37.3 Å². The Kier molecular flexibility index (Phi) is 3.38. The van der Waals surface area contributed by atoms with Crippen LogP contribution in [-0.2, 0) is 0 Å². The SMILES string of the molecule is CC1(C)CCCC1C(N)c1cnn(-c2ccccc2)c1. The predicted molar refractivity (Wildman–Crippen MR) is 81.6 cm³/mol. The summed E-state index contributed by atoms with van der Waals surface area (Å²) in [6, 6.07) is 10.3. The number of hydrogen-bond donors (Lipinski definition) is 1. The first-order valence-corrected chi connectivity index (χ1v) is 7.43. The van der Waals surface area contributed by atoms with Crippen LogP contribution in [0, 0.1) is 11.3 Å². The molecule has 0 radical (unpaired) electrons. The molecule has 1 aliphatic rings. The van der Waals surface area contributed by atoms with E-state index in [-0.39, 0.29) is 6.04 Å². The summed E-state index contributed by atoms with van der Waals surface area (Å²) in [4.78, 5) is 0. The van der Waals surface area contributed by atoms with Crippen molar-refractivity contribution >= 4 is 0 Å². The summed E-state index contributed by atoms with van der Waals surface area (Å²) in [5.41, 5.74) is 9.08. The Morgan fingerprint density at radius 1 is 1.30 bits per heavy atom. The van der Waals surface area contributed by atoms with Crippen molar-refractivity contribution in [3.05, 3.63) is 48.3 Å². The van der Waals surface area contributed by atoms with Gasteiger partial charge in [-0.05, 0) is 36.3 Å². The molecule has 2 atom stereocenters. The van der Waals surface area contributed by atoms with E-state index in [1.165, 1.54) is 19.3 Å². The Hall–Kier alpha value is -1.61. The van der Waals surface area contributed by atoms with Gasteiger partial charge in [-0.15, -0.1) is 0 Å². The normalized spacial score (nSPS) is 22.9. The number of rotatable bonds is 3. The molecule has 0 saturated heterocycles. The largest absolute Gasteiger partial charge is 0.324 e. The Balaban J connectivity index is 1.83. The van der Waals surface area contributed by atoms with Gasteiger partial charge in [-0.25, -0.2) is 4.68 Å². The number of nitrogens with zero attached hydrogens (tertiary/aromatic N) is 2. The van der Waals surface area contributed by atoms with Gasteiger partial charge in [0.1, 0.15) is 0 Å². The summed E-state index contributed by atoms with van der Waals surface area (Å²) >= 11 is 0. The van der Waals surface area contributed by atoms with E-state index in [9.17, 15) is 0 Å². The highest BCUT2D eigenvalue weighted by atomic mass is 15.3. The van der Waals surface area contributed by atoms with Gasteiger partial charge in [0, 0.05) is 17.8 Å². The van der Waals surface area contributed by atoms with E-state index in [1.54, 1.807) is 0 Å². The maximum absolute atomic E-state index is 6.51. The van der Waals surface area contributed by atoms with Crippen molar-refractivity contribution in [1.82, 2.24) is 9.78 Å². The number of aromatic nitrogens is 2. The lowest BCUT2D eigenvalue weighted by molar-refractivity contribution is 0.222. The Morgan fingerprint density at radius 3 is 2.70 bits per heavy atom. The third-order valence-electron chi connectivity index (χ3n) is 4.78. The summed E-state index contributed by atoms with van der Waals surface area (Å²) in [7, 11) is 0. The van der Waals surface area contributed by atoms with Crippen molar-refractivity contribution in [2.75, 3.05) is 0 Å². The van der Waals surface area contributed by atoms with Gasteiger partial charge in [0.05, 0.1) is 11.9 Å². The highest BCUT2D eigenvalue weighted by molar-refractivity contribution is 5.31. The molecule has 3 nitrogen and oxygen atoms in total. The molecule has 1 heterocycles. The second-order valence-electron chi connectivity index (χ2n) is 6.57. The van der Waals surface area contributed by atoms with E-state index < -0.39 is 0 Å². The highest BCUT2D eigenvalue weighted by Gasteiger charge is 2.38. The molecule has 0 aliphatic heterocycles. The van der Waals surface area contributed by atoms with Gasteiger partial charge in [-0.2, -0.15) is 5.10 Å². The Bertz CT molecular complexity index is 571. The van der Waals surface area contributed by atoms with Crippen molar-refractivity contribution in [3.63, 3.8) is 0 Å². The first-order chi connectivity index (χ1) is 9.58. The van der Waals surface area contributed by atoms with Crippen molar-refractivity contribution in [2.24, 2.45) is 17.1 Å². The molecule has 1 fully saturated rings. The third kappa shape index (κ3) is 2.38. The van der Waals surface area contributed by atoms with Crippen LogP contribution < -0.4 is 5.73 Å². The summed E-state index contributed by atoms with van der Waals surface area (Å²) in [6.07, 6.45) is 7.79. The summed E-state index contributed by atoms with van der Waals surface area (Å²) in [6.45, 7) is 4.68. The number of nitrogens with two attached hydrogens (primary N) is 1. The maximum atomic E-state index is 6.51. The quantitative estimate of drug-likeness (QED) is 0.923. The highest BCUT2D eigenvalue weighted by Crippen LogP contribution is 2.47. The molecule has 1 aliphatic carbocycles. The fourth-order valence-corrected chi connectivity index (χ4v) is 3.48.